The van der Waals surface area contributed by atoms with Gasteiger partial charge < -0.3 is 15.0 Å². The molecule has 0 aliphatic rings. The van der Waals surface area contributed by atoms with Crippen molar-refractivity contribution >= 4 is 11.9 Å². The van der Waals surface area contributed by atoms with Crippen LogP contribution in [0.25, 0.3) is 0 Å². The van der Waals surface area contributed by atoms with Crippen LogP contribution in [0.15, 0.2) is 24.7 Å². The van der Waals surface area contributed by atoms with Gasteiger partial charge in [-0.15, -0.1) is 0 Å². The molecule has 0 aromatic carbocycles. The molecule has 0 fully saturated rings. The van der Waals surface area contributed by atoms with Gasteiger partial charge in [0, 0.05) is 26.2 Å². The largest absolute Gasteiger partial charge is 0.480 e. The second kappa shape index (κ2) is 6.00. The highest BCUT2D eigenvalue weighted by atomic mass is 16.4. The maximum Gasteiger partial charge on any atom is 0.323 e. The second-order valence-electron chi connectivity index (χ2n) is 4.26. The van der Waals surface area contributed by atoms with Gasteiger partial charge in [-0.1, -0.05) is 0 Å². The van der Waals surface area contributed by atoms with Crippen LogP contribution in [0, 0.1) is 0 Å². The fraction of sp³-hybridized carbons (Fsp3) is 0.333. The van der Waals surface area contributed by atoms with E-state index in [0.717, 1.165) is 0 Å². The van der Waals surface area contributed by atoms with Crippen LogP contribution in [-0.4, -0.2) is 42.9 Å². The van der Waals surface area contributed by atoms with E-state index in [-0.39, 0.29) is 12.5 Å². The van der Waals surface area contributed by atoms with E-state index in [1.807, 2.05) is 0 Å². The molecular weight excluding hydrogens is 262 g/mol. The normalized spacial score (nSPS) is 10.4. The molecule has 1 amide bonds. The van der Waals surface area contributed by atoms with Crippen molar-refractivity contribution in [3.05, 3.63) is 36.2 Å². The molecule has 2 heterocycles. The molecule has 2 N–H and O–H groups in total. The van der Waals surface area contributed by atoms with Crippen LogP contribution in [-0.2, 0) is 24.8 Å². The van der Waals surface area contributed by atoms with Gasteiger partial charge in [-0.2, -0.15) is 5.10 Å². The number of nitrogens with zero attached hydrogens (tertiary/aromatic N) is 4. The molecule has 20 heavy (non-hydrogen) atoms. The Bertz CT molecular complexity index is 616. The van der Waals surface area contributed by atoms with Crippen molar-refractivity contribution in [2.75, 3.05) is 6.54 Å². The minimum absolute atomic E-state index is 0.239. The SMILES string of the molecule is Cn1cnc(CCNC(=O)c2cccn2CC(=O)O)n1. The van der Waals surface area contributed by atoms with Gasteiger partial charge in [-0.3, -0.25) is 14.3 Å². The Morgan fingerprint density at radius 3 is 2.90 bits per heavy atom. The molecule has 0 atom stereocenters. The zero-order valence-corrected chi connectivity index (χ0v) is 11.0. The highest BCUT2D eigenvalue weighted by molar-refractivity contribution is 5.93. The Morgan fingerprint density at radius 1 is 1.45 bits per heavy atom. The summed E-state index contributed by atoms with van der Waals surface area (Å²) in [7, 11) is 1.77. The van der Waals surface area contributed by atoms with E-state index in [0.29, 0.717) is 24.5 Å². The summed E-state index contributed by atoms with van der Waals surface area (Å²) in [5, 5.41) is 15.6. The number of amides is 1. The number of hydrogen-bond acceptors (Lipinski definition) is 4. The van der Waals surface area contributed by atoms with Gasteiger partial charge in [-0.05, 0) is 12.1 Å². The van der Waals surface area contributed by atoms with Gasteiger partial charge in [0.05, 0.1) is 0 Å². The number of hydrogen-bond donors (Lipinski definition) is 2. The van der Waals surface area contributed by atoms with Gasteiger partial charge in [0.1, 0.15) is 18.6 Å². The van der Waals surface area contributed by atoms with Crippen LogP contribution in [0.1, 0.15) is 16.3 Å². The third kappa shape index (κ3) is 3.44. The first-order valence-corrected chi connectivity index (χ1v) is 6.06. The number of carbonyl (C=O) groups is 2. The Kier molecular flexibility index (Phi) is 4.14. The van der Waals surface area contributed by atoms with Crippen molar-refractivity contribution in [3.8, 4) is 0 Å². The van der Waals surface area contributed by atoms with Gasteiger partial charge in [0.25, 0.3) is 5.91 Å². The molecule has 2 aromatic heterocycles. The van der Waals surface area contributed by atoms with E-state index >= 15 is 0 Å². The van der Waals surface area contributed by atoms with Crippen molar-refractivity contribution in [2.24, 2.45) is 7.05 Å². The molecule has 0 bridgehead atoms. The zero-order valence-electron chi connectivity index (χ0n) is 11.0. The first kappa shape index (κ1) is 13.8. The van der Waals surface area contributed by atoms with Crippen molar-refractivity contribution in [1.29, 1.82) is 0 Å². The summed E-state index contributed by atoms with van der Waals surface area (Å²) in [6.45, 7) is 0.151. The summed E-state index contributed by atoms with van der Waals surface area (Å²) in [6.07, 6.45) is 3.67. The molecule has 8 nitrogen and oxygen atoms in total. The third-order valence-electron chi connectivity index (χ3n) is 2.65. The average molecular weight is 277 g/mol. The molecule has 0 aliphatic carbocycles. The summed E-state index contributed by atoms with van der Waals surface area (Å²) in [5.74, 6) is -0.658. The van der Waals surface area contributed by atoms with Crippen molar-refractivity contribution in [3.63, 3.8) is 0 Å². The maximum atomic E-state index is 11.9. The molecule has 0 spiro atoms. The molecule has 2 aromatic rings. The van der Waals surface area contributed by atoms with E-state index in [4.69, 9.17) is 5.11 Å². The Hall–Kier alpha value is -2.64. The summed E-state index contributed by atoms with van der Waals surface area (Å²) in [6, 6.07) is 3.22. The number of aryl methyl sites for hydroxylation is 1. The number of carbonyl (C=O) groups excluding carboxylic acids is 1. The van der Waals surface area contributed by atoms with Crippen LogP contribution in [0.3, 0.4) is 0 Å². The molecule has 0 saturated carbocycles. The second-order valence-corrected chi connectivity index (χ2v) is 4.26. The first-order valence-electron chi connectivity index (χ1n) is 6.06. The molecule has 0 saturated heterocycles. The van der Waals surface area contributed by atoms with Crippen molar-refractivity contribution < 1.29 is 14.7 Å². The Balaban J connectivity index is 1.88. The van der Waals surface area contributed by atoms with Crippen LogP contribution in [0.5, 0.6) is 0 Å². The van der Waals surface area contributed by atoms with E-state index in [1.165, 1.54) is 4.57 Å². The van der Waals surface area contributed by atoms with Gasteiger partial charge in [-0.25, -0.2) is 4.98 Å². The first-order chi connectivity index (χ1) is 9.56. The Morgan fingerprint density at radius 2 is 2.25 bits per heavy atom. The molecular formula is C12H15N5O3. The summed E-state index contributed by atoms with van der Waals surface area (Å²) < 4.78 is 2.98. The number of aromatic nitrogens is 4. The standard InChI is InChI=1S/C12H15N5O3/c1-16-8-14-10(15-16)4-5-13-12(20)9-3-2-6-17(9)7-11(18)19/h2-3,6,8H,4-5,7H2,1H3,(H,13,20)(H,18,19). The fourth-order valence-corrected chi connectivity index (χ4v) is 1.78. The zero-order chi connectivity index (χ0) is 14.5. The third-order valence-corrected chi connectivity index (χ3v) is 2.65. The predicted molar refractivity (Wildman–Crippen MR) is 69.1 cm³/mol. The topological polar surface area (TPSA) is 102 Å². The minimum atomic E-state index is -0.993. The number of nitrogens with one attached hydrogen (secondary N) is 1. The highest BCUT2D eigenvalue weighted by Crippen LogP contribution is 2.02. The van der Waals surface area contributed by atoms with Crippen molar-refractivity contribution in [1.82, 2.24) is 24.6 Å². The van der Waals surface area contributed by atoms with E-state index < -0.39 is 5.97 Å². The molecule has 0 aliphatic heterocycles. The summed E-state index contributed by atoms with van der Waals surface area (Å²) in [5.41, 5.74) is 0.321. The lowest BCUT2D eigenvalue weighted by atomic mass is 10.3. The Labute approximate surface area is 115 Å². The summed E-state index contributed by atoms with van der Waals surface area (Å²) in [4.78, 5) is 26.7. The quantitative estimate of drug-likeness (QED) is 0.753. The lowest BCUT2D eigenvalue weighted by Gasteiger charge is -2.07. The van der Waals surface area contributed by atoms with Gasteiger partial charge in [0.2, 0.25) is 0 Å². The van der Waals surface area contributed by atoms with E-state index in [2.05, 4.69) is 15.4 Å². The summed E-state index contributed by atoms with van der Waals surface area (Å²) >= 11 is 0. The molecule has 8 heteroatoms. The molecule has 2 rings (SSSR count). The maximum absolute atomic E-state index is 11.9. The number of aliphatic carboxylic acids is 1. The lowest BCUT2D eigenvalue weighted by molar-refractivity contribution is -0.137. The number of carboxylic acid groups (broad SMARTS) is 1. The smallest absolute Gasteiger partial charge is 0.323 e. The average Bonchev–Trinajstić information content (AvgIpc) is 2.98. The molecule has 0 radical (unpaired) electrons. The van der Waals surface area contributed by atoms with Crippen LogP contribution in [0.4, 0.5) is 0 Å². The van der Waals surface area contributed by atoms with Crippen molar-refractivity contribution in [2.45, 2.75) is 13.0 Å². The highest BCUT2D eigenvalue weighted by Gasteiger charge is 2.12. The van der Waals surface area contributed by atoms with Crippen LogP contribution >= 0.6 is 0 Å². The van der Waals surface area contributed by atoms with Crippen LogP contribution in [0.2, 0.25) is 0 Å². The van der Waals surface area contributed by atoms with Crippen LogP contribution < -0.4 is 5.32 Å². The fourth-order valence-electron chi connectivity index (χ4n) is 1.78. The minimum Gasteiger partial charge on any atom is -0.480 e. The van der Waals surface area contributed by atoms with Gasteiger partial charge >= 0.3 is 5.97 Å². The van der Waals surface area contributed by atoms with E-state index in [1.54, 1.807) is 36.4 Å². The number of rotatable bonds is 6. The predicted octanol–water partition coefficient (Wildman–Crippen LogP) is -0.326. The van der Waals surface area contributed by atoms with E-state index in [9.17, 15) is 9.59 Å². The lowest BCUT2D eigenvalue weighted by Crippen LogP contribution is -2.28. The number of carboxylic acids is 1. The molecule has 106 valence electrons. The van der Waals surface area contributed by atoms with Gasteiger partial charge in [0.15, 0.2) is 5.82 Å². The molecule has 0 unspecified atom stereocenters. The monoisotopic (exact) mass is 277 g/mol.